The summed E-state index contributed by atoms with van der Waals surface area (Å²) in [7, 11) is 4.11. The zero-order valence-electron chi connectivity index (χ0n) is 69.3. The standard InChI is InChI=1S/C82H115N15O20S3/c1-10-15-69(105)117-41-59(71(106)58(45(5)11-2)37-66(101)63-17-12-13-29-97(63)9)57(44(3)4)33-46(6)77-94-62(43-118-77)75(109)91-54(34-49-18-24-56(98)25-19-49)32-47(7)80(115)116-30-31-119-120-42-52(78(111)112)36-65(100)61(38-68(103)104)93-74(108)51(16-14-28-86-81(83)84)35-64(99)48(8)89-67(102)27-26-60(79(113)114)92-73(107)50-20-22-53(23-21-50)87-39-55-40-88-72-70(90-55)76(110)96-82(85)95-72/h18-25,40,43-48,51-52,54,57-61,63,87,98H,10-17,26-39,41-42H2,1-9H3,(H,89,102)(H,91,109)(H,92,107)(H,93,108)(H,103,104)(H,111,112)(H,113,114)(H4,83,84,86)(H3,85,88,95,96,110)/t45?,46-,47+,48+,51-,52+,54-,57-,58+,59?,60+,61+,63-/m1/s1. The first-order valence-electron chi connectivity index (χ1n) is 40.4. The van der Waals surface area contributed by atoms with E-state index in [0.29, 0.717) is 35.7 Å². The van der Waals surface area contributed by atoms with E-state index in [2.05, 4.69) is 56.7 Å². The molecular weight excluding hydrogens is 1610 g/mol. The molecule has 0 saturated carbocycles. The van der Waals surface area contributed by atoms with Gasteiger partial charge in [-0.15, -0.1) is 11.3 Å². The summed E-state index contributed by atoms with van der Waals surface area (Å²) in [5.74, 6) is -16.2. The fourth-order valence-electron chi connectivity index (χ4n) is 14.1. The Kier molecular flexibility index (Phi) is 40.4. The Balaban J connectivity index is 0.996. The molecule has 6 rings (SSSR count). The first-order chi connectivity index (χ1) is 56.9. The van der Waals surface area contributed by atoms with Crippen LogP contribution >= 0.6 is 32.9 Å². The number of nitrogen functional groups attached to an aromatic ring is 1. The molecule has 3 aromatic heterocycles. The number of amides is 4. The molecule has 1 saturated heterocycles. The maximum Gasteiger partial charge on any atom is 0.326 e. The third kappa shape index (κ3) is 32.2. The second-order valence-electron chi connectivity index (χ2n) is 31.0. The van der Waals surface area contributed by atoms with Gasteiger partial charge in [0.05, 0.1) is 65.7 Å². The molecule has 1 fully saturated rings. The van der Waals surface area contributed by atoms with E-state index in [1.165, 1.54) is 60.9 Å². The Morgan fingerprint density at radius 2 is 1.48 bits per heavy atom. The number of aliphatic carboxylic acids is 3. The number of esters is 2. The number of ether oxygens (including phenoxy) is 2. The van der Waals surface area contributed by atoms with Crippen LogP contribution < -0.4 is 48.9 Å². The van der Waals surface area contributed by atoms with E-state index in [9.17, 15) is 82.8 Å². The molecule has 0 radical (unpaired) electrons. The van der Waals surface area contributed by atoms with Crippen molar-refractivity contribution in [2.75, 3.05) is 55.9 Å². The van der Waals surface area contributed by atoms with Crippen LogP contribution in [0.3, 0.4) is 0 Å². The Morgan fingerprint density at radius 3 is 2.12 bits per heavy atom. The number of hydrogen-bond donors (Lipinski definition) is 14. The van der Waals surface area contributed by atoms with E-state index in [1.54, 1.807) is 24.4 Å². The van der Waals surface area contributed by atoms with Gasteiger partial charge >= 0.3 is 29.8 Å². The highest BCUT2D eigenvalue weighted by Gasteiger charge is 2.42. The number of carbonyl (C=O) groups is 13. The zero-order valence-corrected chi connectivity index (χ0v) is 71.7. The van der Waals surface area contributed by atoms with Crippen molar-refractivity contribution in [3.8, 4) is 5.75 Å². The normalized spacial score (nSPS) is 15.9. The number of anilines is 2. The van der Waals surface area contributed by atoms with E-state index < -0.39 is 162 Å². The number of phenolic OH excluding ortho intramolecular Hbond substituents is 1. The first-order valence-corrected chi connectivity index (χ1v) is 43.8. The summed E-state index contributed by atoms with van der Waals surface area (Å²) >= 11 is 1.29. The molecule has 1 aliphatic heterocycles. The minimum atomic E-state index is -1.77. The van der Waals surface area contributed by atoms with Gasteiger partial charge in [-0.2, -0.15) is 4.98 Å². The zero-order chi connectivity index (χ0) is 88.4. The van der Waals surface area contributed by atoms with E-state index in [4.69, 9.17) is 31.3 Å². The average molecular weight is 1730 g/mol. The highest BCUT2D eigenvalue weighted by Crippen LogP contribution is 2.39. The number of rotatable bonds is 54. The Morgan fingerprint density at radius 1 is 0.767 bits per heavy atom. The predicted molar refractivity (Wildman–Crippen MR) is 452 cm³/mol. The third-order valence-electron chi connectivity index (χ3n) is 21.2. The van der Waals surface area contributed by atoms with Crippen LogP contribution in [0.4, 0.5) is 11.6 Å². The number of aromatic hydroxyl groups is 1. The van der Waals surface area contributed by atoms with E-state index in [1.807, 2.05) is 48.6 Å². The summed E-state index contributed by atoms with van der Waals surface area (Å²) in [5.41, 5.74) is 12.3. The number of phenols is 1. The van der Waals surface area contributed by atoms with Crippen molar-refractivity contribution in [2.24, 2.45) is 53.1 Å². The number of carbonyl (C=O) groups excluding carboxylic acids is 10. The monoisotopic (exact) mass is 1730 g/mol. The number of hydrogen-bond acceptors (Lipinski definition) is 28. The van der Waals surface area contributed by atoms with Gasteiger partial charge in [-0.05, 0) is 138 Å². The van der Waals surface area contributed by atoms with Crippen LogP contribution in [-0.2, 0) is 75.2 Å². The van der Waals surface area contributed by atoms with Crippen molar-refractivity contribution in [1.82, 2.24) is 56.4 Å². The molecule has 16 N–H and O–H groups in total. The smallest absolute Gasteiger partial charge is 0.326 e. The summed E-state index contributed by atoms with van der Waals surface area (Å²) in [6.45, 7) is 15.6. The number of Topliss-reactive ketones (excluding diaryl/α,β-unsaturated/α-hetero) is 4. The lowest BCUT2D eigenvalue weighted by molar-refractivity contribution is -0.150. The quantitative estimate of drug-likeness (QED) is 0.00593. The van der Waals surface area contributed by atoms with Crippen LogP contribution in [-0.4, -0.2) is 208 Å². The van der Waals surface area contributed by atoms with Crippen molar-refractivity contribution in [3.05, 3.63) is 98.0 Å². The SMILES string of the molecule is CCCC(=O)OCC(C(=O)[C@@H](CC(=O)[C@H]1CCCCN1C)C(C)CC)[C@H](C[C@@H](C)c1nc(C(=O)N[C@@H](Cc2ccc(O)cc2)C[C@H](C)C(=O)OCCSSC[C@H](CC(=O)[C@H](CC(=O)O)NC(=O)[C@H](CCCNC(=N)N)CC(=O)[C@H](C)NC(=O)CC[C@H](NC(=O)c2ccc(NCc3cnc4nc(N)[nH]c(=O)c4n3)cc2)C(=O)O)C(=O)O)cs1)C(C)C. The number of carboxylic acid groups (broad SMARTS) is 3. The fraction of sp³-hybridized carbons (Fsp3) is 0.573. The van der Waals surface area contributed by atoms with Crippen LogP contribution in [0.5, 0.6) is 5.75 Å². The number of aromatic nitrogens is 5. The van der Waals surface area contributed by atoms with Crippen LogP contribution in [0.15, 0.2) is 64.9 Å². The number of piperidine rings is 1. The van der Waals surface area contributed by atoms with Crippen molar-refractivity contribution in [3.63, 3.8) is 0 Å². The summed E-state index contributed by atoms with van der Waals surface area (Å²) < 4.78 is 11.5. The van der Waals surface area contributed by atoms with Gasteiger partial charge in [-0.25, -0.2) is 19.7 Å². The molecule has 0 spiro atoms. The van der Waals surface area contributed by atoms with Gasteiger partial charge in [-0.1, -0.05) is 95.0 Å². The predicted octanol–water partition coefficient (Wildman–Crippen LogP) is 7.39. The minimum Gasteiger partial charge on any atom is -0.508 e. The van der Waals surface area contributed by atoms with Crippen LogP contribution in [0.2, 0.25) is 0 Å². The van der Waals surface area contributed by atoms with Gasteiger partial charge in [0.1, 0.15) is 36.5 Å². The van der Waals surface area contributed by atoms with Crippen LogP contribution in [0.25, 0.3) is 11.2 Å². The lowest BCUT2D eigenvalue weighted by Gasteiger charge is -2.36. The number of H-pyrrole nitrogens is 1. The number of fused-ring (bicyclic) bond motifs is 1. The van der Waals surface area contributed by atoms with Crippen molar-refractivity contribution in [1.29, 1.82) is 5.41 Å². The molecule has 4 heterocycles. The van der Waals surface area contributed by atoms with Crippen LogP contribution in [0, 0.1) is 52.8 Å². The highest BCUT2D eigenvalue weighted by molar-refractivity contribution is 8.76. The number of thiazole rings is 1. The number of nitrogens with zero attached hydrogens (tertiary/aromatic N) is 5. The van der Waals surface area contributed by atoms with E-state index in [0.717, 1.165) is 53.0 Å². The van der Waals surface area contributed by atoms with Gasteiger partial charge in [0.25, 0.3) is 17.4 Å². The van der Waals surface area contributed by atoms with Crippen LogP contribution in [0.1, 0.15) is 201 Å². The van der Waals surface area contributed by atoms with Crippen molar-refractivity contribution >= 4 is 138 Å². The van der Waals surface area contributed by atoms with Gasteiger partial charge in [0, 0.05) is 90.6 Å². The molecule has 0 bridgehead atoms. The average Bonchev–Trinajstić information content (AvgIpc) is 0.931. The first kappa shape index (κ1) is 98.4. The number of ketones is 4. The lowest BCUT2D eigenvalue weighted by atomic mass is 9.70. The van der Waals surface area contributed by atoms with Crippen molar-refractivity contribution < 1.29 is 92.2 Å². The molecule has 2 aromatic carbocycles. The van der Waals surface area contributed by atoms with Gasteiger partial charge in [0.15, 0.2) is 34.5 Å². The molecule has 35 nitrogen and oxygen atoms in total. The summed E-state index contributed by atoms with van der Waals surface area (Å²) in [5, 5.41) is 65.9. The largest absolute Gasteiger partial charge is 0.508 e. The molecule has 1 aliphatic rings. The lowest BCUT2D eigenvalue weighted by Crippen LogP contribution is -2.47. The fourth-order valence-corrected chi connectivity index (χ4v) is 17.1. The third-order valence-corrected chi connectivity index (χ3v) is 24.7. The van der Waals surface area contributed by atoms with Crippen molar-refractivity contribution in [2.45, 2.75) is 207 Å². The minimum absolute atomic E-state index is 0.0190. The molecule has 5 aromatic rings. The highest BCUT2D eigenvalue weighted by atomic mass is 33.1. The molecular formula is C82H115N15O20S3. The Labute approximate surface area is 708 Å². The van der Waals surface area contributed by atoms with Gasteiger partial charge < -0.3 is 73.3 Å². The molecule has 13 atom stereocenters. The summed E-state index contributed by atoms with van der Waals surface area (Å²) in [6.07, 6.45) is 3.26. The number of carboxylic acids is 3. The van der Waals surface area contributed by atoms with Gasteiger partial charge in [0.2, 0.25) is 17.8 Å². The number of guanidine groups is 1. The number of likely N-dealkylation sites (N-methyl/N-ethyl adjacent to an activating group) is 1. The number of aromatic amines is 1. The second kappa shape index (κ2) is 49.3. The number of nitrogens with one attached hydrogen (secondary N) is 8. The van der Waals surface area contributed by atoms with Gasteiger partial charge in [-0.3, -0.25) is 77.6 Å². The number of likely N-dealkylation sites (tertiary alicyclic amines) is 1. The molecule has 4 amide bonds. The maximum atomic E-state index is 15.1. The Bertz CT molecular complexity index is 4420. The molecule has 0 aliphatic carbocycles. The maximum absolute atomic E-state index is 15.1. The Hall–Kier alpha value is -10.5. The van der Waals surface area contributed by atoms with E-state index >= 15 is 4.79 Å². The molecule has 38 heteroatoms. The molecule has 2 unspecified atom stereocenters. The molecule has 656 valence electrons. The second-order valence-corrected chi connectivity index (χ2v) is 34.5. The number of benzene rings is 2. The molecule has 120 heavy (non-hydrogen) atoms. The summed E-state index contributed by atoms with van der Waals surface area (Å²) in [6, 6.07) is 6.76. The van der Waals surface area contributed by atoms with E-state index in [-0.39, 0.29) is 152 Å². The summed E-state index contributed by atoms with van der Waals surface area (Å²) in [4.78, 5) is 209. The number of nitrogens with two attached hydrogens (primary N) is 2. The topological polar surface area (TPSA) is 557 Å².